The van der Waals surface area contributed by atoms with Crippen molar-refractivity contribution < 1.29 is 14.6 Å². The number of carboxylic acid groups (broad SMARTS) is 1. The molecule has 2 N–H and O–H groups in total. The molecule has 128 valence electrons. The van der Waals surface area contributed by atoms with Crippen LogP contribution in [0, 0.1) is 0 Å². The number of aromatic nitrogens is 4. The molecule has 4 rings (SSSR count). The molecule has 2 aromatic heterocycles. The van der Waals surface area contributed by atoms with Crippen LogP contribution < -0.4 is 0 Å². The SMILES string of the molecule is O=C(O)c1nn(CCCN2CCOCC2)c2c1-c1[nH]ncc1CC2. The summed E-state index contributed by atoms with van der Waals surface area (Å²) >= 11 is 0. The fraction of sp³-hybridized carbons (Fsp3) is 0.562. The maximum Gasteiger partial charge on any atom is 0.357 e. The van der Waals surface area contributed by atoms with Gasteiger partial charge in [0, 0.05) is 31.9 Å². The van der Waals surface area contributed by atoms with Crippen molar-refractivity contribution in [2.24, 2.45) is 0 Å². The molecular formula is C16H21N5O3. The van der Waals surface area contributed by atoms with Crippen molar-refractivity contribution in [3.8, 4) is 11.3 Å². The summed E-state index contributed by atoms with van der Waals surface area (Å²) in [6, 6.07) is 0. The van der Waals surface area contributed by atoms with Gasteiger partial charge in [-0.15, -0.1) is 0 Å². The Morgan fingerprint density at radius 2 is 2.12 bits per heavy atom. The summed E-state index contributed by atoms with van der Waals surface area (Å²) in [4.78, 5) is 14.0. The predicted octanol–water partition coefficient (Wildman–Crippen LogP) is 0.792. The smallest absolute Gasteiger partial charge is 0.357 e. The Hall–Kier alpha value is -2.19. The molecule has 0 amide bonds. The summed E-state index contributed by atoms with van der Waals surface area (Å²) in [5, 5.41) is 20.9. The standard InChI is InChI=1S/C16H21N5O3/c22-16(23)15-13-12(3-2-11-10-17-18-14(11)13)21(19-15)5-1-4-20-6-8-24-9-7-20/h10H,1-9H2,(H,17,18)(H,22,23). The minimum atomic E-state index is -0.986. The van der Waals surface area contributed by atoms with Crippen LogP contribution in [0.25, 0.3) is 11.3 Å². The molecule has 1 aliphatic heterocycles. The summed E-state index contributed by atoms with van der Waals surface area (Å²) in [7, 11) is 0. The third kappa shape index (κ3) is 2.71. The molecule has 8 nitrogen and oxygen atoms in total. The Morgan fingerprint density at radius 1 is 1.29 bits per heavy atom. The van der Waals surface area contributed by atoms with Gasteiger partial charge in [-0.2, -0.15) is 10.2 Å². The van der Waals surface area contributed by atoms with Crippen molar-refractivity contribution in [2.45, 2.75) is 25.8 Å². The van der Waals surface area contributed by atoms with E-state index in [2.05, 4.69) is 20.2 Å². The monoisotopic (exact) mass is 331 g/mol. The van der Waals surface area contributed by atoms with Gasteiger partial charge in [0.1, 0.15) is 0 Å². The largest absolute Gasteiger partial charge is 0.476 e. The van der Waals surface area contributed by atoms with Crippen molar-refractivity contribution in [3.05, 3.63) is 23.1 Å². The van der Waals surface area contributed by atoms with Gasteiger partial charge >= 0.3 is 5.97 Å². The first-order chi connectivity index (χ1) is 11.7. The van der Waals surface area contributed by atoms with Gasteiger partial charge in [0.25, 0.3) is 0 Å². The lowest BCUT2D eigenvalue weighted by Gasteiger charge is -2.26. The maximum atomic E-state index is 11.6. The summed E-state index contributed by atoms with van der Waals surface area (Å²) in [6.07, 6.45) is 4.40. The maximum absolute atomic E-state index is 11.6. The van der Waals surface area contributed by atoms with Crippen molar-refractivity contribution in [1.82, 2.24) is 24.9 Å². The van der Waals surface area contributed by atoms with E-state index < -0.39 is 5.97 Å². The van der Waals surface area contributed by atoms with Crippen LogP contribution in [-0.2, 0) is 24.1 Å². The minimum Gasteiger partial charge on any atom is -0.476 e. The second-order valence-corrected chi connectivity index (χ2v) is 6.28. The Kier molecular flexibility index (Phi) is 4.07. The van der Waals surface area contributed by atoms with Crippen LogP contribution in [0.2, 0.25) is 0 Å². The van der Waals surface area contributed by atoms with E-state index in [4.69, 9.17) is 4.74 Å². The van der Waals surface area contributed by atoms with Gasteiger partial charge in [-0.3, -0.25) is 14.7 Å². The zero-order chi connectivity index (χ0) is 16.5. The molecule has 0 unspecified atom stereocenters. The molecular weight excluding hydrogens is 310 g/mol. The molecule has 1 fully saturated rings. The van der Waals surface area contributed by atoms with Crippen molar-refractivity contribution in [1.29, 1.82) is 0 Å². The van der Waals surface area contributed by atoms with Crippen LogP contribution in [0.5, 0.6) is 0 Å². The van der Waals surface area contributed by atoms with Gasteiger partial charge in [0.2, 0.25) is 0 Å². The van der Waals surface area contributed by atoms with E-state index in [1.807, 2.05) is 4.68 Å². The van der Waals surface area contributed by atoms with Crippen LogP contribution in [0.15, 0.2) is 6.20 Å². The Morgan fingerprint density at radius 3 is 2.92 bits per heavy atom. The number of H-pyrrole nitrogens is 1. The summed E-state index contributed by atoms with van der Waals surface area (Å²) in [5.41, 5.74) is 3.73. The van der Waals surface area contributed by atoms with E-state index in [0.717, 1.165) is 75.6 Å². The highest BCUT2D eigenvalue weighted by atomic mass is 16.5. The quantitative estimate of drug-likeness (QED) is 0.841. The normalized spacial score (nSPS) is 17.5. The summed E-state index contributed by atoms with van der Waals surface area (Å²) in [5.74, 6) is -0.986. The first-order valence-electron chi connectivity index (χ1n) is 8.39. The number of nitrogens with one attached hydrogen (secondary N) is 1. The van der Waals surface area contributed by atoms with Gasteiger partial charge in [-0.05, 0) is 24.8 Å². The highest BCUT2D eigenvalue weighted by Crippen LogP contribution is 2.34. The van der Waals surface area contributed by atoms with Gasteiger partial charge < -0.3 is 9.84 Å². The van der Waals surface area contributed by atoms with E-state index in [1.165, 1.54) is 0 Å². The molecule has 0 aromatic carbocycles. The summed E-state index contributed by atoms with van der Waals surface area (Å²) in [6.45, 7) is 5.24. The Bertz CT molecular complexity index is 745. The number of fused-ring (bicyclic) bond motifs is 3. The number of aryl methyl sites for hydroxylation is 2. The first kappa shape index (κ1) is 15.3. The Balaban J connectivity index is 1.54. The number of ether oxygens (including phenoxy) is 1. The van der Waals surface area contributed by atoms with E-state index in [0.29, 0.717) is 5.56 Å². The van der Waals surface area contributed by atoms with Crippen molar-refractivity contribution in [2.75, 3.05) is 32.8 Å². The lowest BCUT2D eigenvalue weighted by molar-refractivity contribution is 0.0368. The number of aromatic carboxylic acids is 1. The second kappa shape index (κ2) is 6.37. The van der Waals surface area contributed by atoms with Crippen LogP contribution in [0.3, 0.4) is 0 Å². The zero-order valence-electron chi connectivity index (χ0n) is 13.5. The zero-order valence-corrected chi connectivity index (χ0v) is 13.5. The van der Waals surface area contributed by atoms with Crippen LogP contribution in [0.4, 0.5) is 0 Å². The molecule has 0 radical (unpaired) electrons. The van der Waals surface area contributed by atoms with Crippen LogP contribution >= 0.6 is 0 Å². The average Bonchev–Trinajstić information content (AvgIpc) is 3.20. The molecule has 1 aliphatic carbocycles. The average molecular weight is 331 g/mol. The summed E-state index contributed by atoms with van der Waals surface area (Å²) < 4.78 is 7.24. The van der Waals surface area contributed by atoms with Crippen LogP contribution in [0.1, 0.15) is 28.2 Å². The highest BCUT2D eigenvalue weighted by Gasteiger charge is 2.29. The number of morpholine rings is 1. The molecule has 0 bridgehead atoms. The number of nitrogens with zero attached hydrogens (tertiary/aromatic N) is 4. The highest BCUT2D eigenvalue weighted by molar-refractivity contribution is 5.95. The van der Waals surface area contributed by atoms with E-state index >= 15 is 0 Å². The third-order valence-corrected chi connectivity index (χ3v) is 4.81. The molecule has 3 heterocycles. The molecule has 0 spiro atoms. The van der Waals surface area contributed by atoms with Gasteiger partial charge in [-0.25, -0.2) is 4.79 Å². The molecule has 2 aromatic rings. The molecule has 1 saturated heterocycles. The van der Waals surface area contributed by atoms with Gasteiger partial charge in [0.05, 0.1) is 30.7 Å². The fourth-order valence-corrected chi connectivity index (χ4v) is 3.59. The molecule has 0 saturated carbocycles. The van der Waals surface area contributed by atoms with Gasteiger partial charge in [-0.1, -0.05) is 0 Å². The molecule has 24 heavy (non-hydrogen) atoms. The predicted molar refractivity (Wildman–Crippen MR) is 86.1 cm³/mol. The second-order valence-electron chi connectivity index (χ2n) is 6.28. The van der Waals surface area contributed by atoms with Gasteiger partial charge in [0.15, 0.2) is 5.69 Å². The lowest BCUT2D eigenvalue weighted by Crippen LogP contribution is -2.37. The number of hydrogen-bond donors (Lipinski definition) is 2. The topological polar surface area (TPSA) is 96.3 Å². The molecule has 2 aliphatic rings. The first-order valence-corrected chi connectivity index (χ1v) is 8.39. The number of carbonyl (C=O) groups is 1. The minimum absolute atomic E-state index is 0.126. The fourth-order valence-electron chi connectivity index (χ4n) is 3.59. The Labute approximate surface area is 139 Å². The number of hydrogen-bond acceptors (Lipinski definition) is 5. The molecule has 8 heteroatoms. The molecule has 0 atom stereocenters. The lowest BCUT2D eigenvalue weighted by atomic mass is 9.94. The van der Waals surface area contributed by atoms with E-state index in [1.54, 1.807) is 6.20 Å². The van der Waals surface area contributed by atoms with Crippen LogP contribution in [-0.4, -0.2) is 68.8 Å². The van der Waals surface area contributed by atoms with E-state index in [9.17, 15) is 9.90 Å². The number of rotatable bonds is 5. The third-order valence-electron chi connectivity index (χ3n) is 4.81. The number of aromatic amines is 1. The van der Waals surface area contributed by atoms with Crippen molar-refractivity contribution in [3.63, 3.8) is 0 Å². The number of carboxylic acids is 1. The van der Waals surface area contributed by atoms with E-state index in [-0.39, 0.29) is 5.69 Å². The van der Waals surface area contributed by atoms with Crippen molar-refractivity contribution >= 4 is 5.97 Å².